The predicted molar refractivity (Wildman–Crippen MR) is 66.8 cm³/mol. The molecule has 0 bridgehead atoms. The van der Waals surface area contributed by atoms with Crippen LogP contribution in [0.5, 0.6) is 11.5 Å². The standard InChI is InChI=1S/C13H16ClNO2/c1-12(2,15)13(3-4-13)8-5-9(14)11-10(6-8)16-7-17-11/h5-6H,3-4,7,15H2,1-2H3. The number of benzene rings is 1. The molecule has 0 spiro atoms. The third kappa shape index (κ3) is 1.53. The molecule has 1 saturated carbocycles. The first kappa shape index (κ1) is 11.2. The Morgan fingerprint density at radius 3 is 2.59 bits per heavy atom. The highest BCUT2D eigenvalue weighted by atomic mass is 35.5. The van der Waals surface area contributed by atoms with Crippen LogP contribution in [-0.2, 0) is 5.41 Å². The highest BCUT2D eigenvalue weighted by Crippen LogP contribution is 2.57. The zero-order chi connectivity index (χ0) is 12.3. The summed E-state index contributed by atoms with van der Waals surface area (Å²) < 4.78 is 10.7. The quantitative estimate of drug-likeness (QED) is 0.882. The first-order valence-electron chi connectivity index (χ1n) is 5.83. The molecule has 17 heavy (non-hydrogen) atoms. The molecule has 4 heteroatoms. The third-order valence-corrected chi connectivity index (χ3v) is 4.24. The van der Waals surface area contributed by atoms with E-state index in [0.717, 1.165) is 18.6 Å². The van der Waals surface area contributed by atoms with Gasteiger partial charge < -0.3 is 15.2 Å². The maximum absolute atomic E-state index is 6.29. The lowest BCUT2D eigenvalue weighted by molar-refractivity contribution is 0.174. The van der Waals surface area contributed by atoms with Crippen LogP contribution in [0.25, 0.3) is 0 Å². The Labute approximate surface area is 106 Å². The fourth-order valence-electron chi connectivity index (χ4n) is 2.67. The zero-order valence-electron chi connectivity index (χ0n) is 10.0. The number of halogens is 1. The van der Waals surface area contributed by atoms with Crippen molar-refractivity contribution in [2.45, 2.75) is 37.6 Å². The third-order valence-electron chi connectivity index (χ3n) is 3.96. The minimum Gasteiger partial charge on any atom is -0.454 e. The first-order valence-corrected chi connectivity index (χ1v) is 6.20. The maximum atomic E-state index is 6.29. The lowest BCUT2D eigenvalue weighted by Crippen LogP contribution is -2.45. The number of rotatable bonds is 2. The minimum absolute atomic E-state index is 0.0393. The summed E-state index contributed by atoms with van der Waals surface area (Å²) in [4.78, 5) is 0. The summed E-state index contributed by atoms with van der Waals surface area (Å²) in [5.74, 6) is 1.39. The van der Waals surface area contributed by atoms with Gasteiger partial charge >= 0.3 is 0 Å². The average molecular weight is 254 g/mol. The molecule has 1 aliphatic heterocycles. The van der Waals surface area contributed by atoms with E-state index in [2.05, 4.69) is 13.8 Å². The van der Waals surface area contributed by atoms with Gasteiger partial charge in [0.2, 0.25) is 6.79 Å². The summed E-state index contributed by atoms with van der Waals surface area (Å²) in [6.45, 7) is 4.38. The van der Waals surface area contributed by atoms with Crippen LogP contribution >= 0.6 is 11.6 Å². The molecule has 3 nitrogen and oxygen atoms in total. The Bertz CT molecular complexity index is 475. The SMILES string of the molecule is CC(C)(N)C1(c2cc(Cl)c3c(c2)OCO3)CC1. The molecule has 2 N–H and O–H groups in total. The Kier molecular flexibility index (Phi) is 2.17. The predicted octanol–water partition coefficient (Wildman–Crippen LogP) is 2.84. The normalized spacial score (nSPS) is 20.5. The van der Waals surface area contributed by atoms with Crippen LogP contribution in [0.4, 0.5) is 0 Å². The average Bonchev–Trinajstić information content (AvgIpc) is 2.92. The van der Waals surface area contributed by atoms with E-state index in [0.29, 0.717) is 10.8 Å². The maximum Gasteiger partial charge on any atom is 0.231 e. The molecule has 0 unspecified atom stereocenters. The van der Waals surface area contributed by atoms with Gasteiger partial charge in [0.1, 0.15) is 0 Å². The lowest BCUT2D eigenvalue weighted by Gasteiger charge is -2.31. The van der Waals surface area contributed by atoms with E-state index in [1.807, 2.05) is 12.1 Å². The highest BCUT2D eigenvalue weighted by molar-refractivity contribution is 6.32. The Hall–Kier alpha value is -0.930. The van der Waals surface area contributed by atoms with Crippen molar-refractivity contribution in [1.29, 1.82) is 0 Å². The van der Waals surface area contributed by atoms with E-state index in [-0.39, 0.29) is 17.7 Å². The number of nitrogens with two attached hydrogens (primary N) is 1. The van der Waals surface area contributed by atoms with E-state index in [1.165, 1.54) is 5.56 Å². The molecule has 2 aliphatic rings. The van der Waals surface area contributed by atoms with Crippen molar-refractivity contribution in [3.8, 4) is 11.5 Å². The second kappa shape index (κ2) is 3.30. The second-order valence-corrected chi connectivity index (χ2v) is 5.90. The molecular weight excluding hydrogens is 238 g/mol. The molecule has 1 aromatic rings. The van der Waals surface area contributed by atoms with Crippen molar-refractivity contribution in [3.05, 3.63) is 22.7 Å². The summed E-state index contributed by atoms with van der Waals surface area (Å²) in [5.41, 5.74) is 7.25. The summed E-state index contributed by atoms with van der Waals surface area (Å²) in [6, 6.07) is 3.99. The van der Waals surface area contributed by atoms with Crippen molar-refractivity contribution in [1.82, 2.24) is 0 Å². The van der Waals surface area contributed by atoms with Gasteiger partial charge in [0, 0.05) is 11.0 Å². The molecule has 3 rings (SSSR count). The van der Waals surface area contributed by atoms with E-state index >= 15 is 0 Å². The molecule has 0 aromatic heterocycles. The molecule has 0 saturated heterocycles. The van der Waals surface area contributed by atoms with Gasteiger partial charge in [-0.3, -0.25) is 0 Å². The fourth-order valence-corrected chi connectivity index (χ4v) is 2.94. The number of hydrogen-bond donors (Lipinski definition) is 1. The summed E-state index contributed by atoms with van der Waals surface area (Å²) in [6.07, 6.45) is 2.21. The van der Waals surface area contributed by atoms with Gasteiger partial charge in [-0.2, -0.15) is 0 Å². The molecule has 1 aliphatic carbocycles. The zero-order valence-corrected chi connectivity index (χ0v) is 10.8. The number of hydrogen-bond acceptors (Lipinski definition) is 3. The second-order valence-electron chi connectivity index (χ2n) is 5.50. The van der Waals surface area contributed by atoms with E-state index in [9.17, 15) is 0 Å². The van der Waals surface area contributed by atoms with E-state index in [4.69, 9.17) is 26.8 Å². The van der Waals surface area contributed by atoms with Crippen LogP contribution in [0.2, 0.25) is 5.02 Å². The van der Waals surface area contributed by atoms with Gasteiger partial charge in [0.25, 0.3) is 0 Å². The summed E-state index contributed by atoms with van der Waals surface area (Å²) >= 11 is 6.21. The fraction of sp³-hybridized carbons (Fsp3) is 0.538. The summed E-state index contributed by atoms with van der Waals surface area (Å²) in [7, 11) is 0. The summed E-state index contributed by atoms with van der Waals surface area (Å²) in [5, 5.41) is 0.616. The molecule has 0 amide bonds. The van der Waals surface area contributed by atoms with Crippen LogP contribution < -0.4 is 15.2 Å². The van der Waals surface area contributed by atoms with Crippen molar-refractivity contribution in [2.75, 3.05) is 6.79 Å². The van der Waals surface area contributed by atoms with E-state index < -0.39 is 0 Å². The highest BCUT2D eigenvalue weighted by Gasteiger charge is 2.54. The van der Waals surface area contributed by atoms with Gasteiger partial charge in [0.15, 0.2) is 11.5 Å². The lowest BCUT2D eigenvalue weighted by atomic mass is 9.79. The van der Waals surface area contributed by atoms with Crippen molar-refractivity contribution >= 4 is 11.6 Å². The Morgan fingerprint density at radius 2 is 2.00 bits per heavy atom. The number of fused-ring (bicyclic) bond motifs is 1. The van der Waals surface area contributed by atoms with Gasteiger partial charge in [-0.15, -0.1) is 0 Å². The van der Waals surface area contributed by atoms with Crippen LogP contribution in [0.1, 0.15) is 32.3 Å². The number of ether oxygens (including phenoxy) is 2. The molecule has 1 aromatic carbocycles. The molecular formula is C13H16ClNO2. The molecule has 0 atom stereocenters. The van der Waals surface area contributed by atoms with Crippen LogP contribution in [-0.4, -0.2) is 12.3 Å². The van der Waals surface area contributed by atoms with Crippen LogP contribution in [0.3, 0.4) is 0 Å². The van der Waals surface area contributed by atoms with E-state index in [1.54, 1.807) is 0 Å². The van der Waals surface area contributed by atoms with Crippen molar-refractivity contribution in [2.24, 2.45) is 5.73 Å². The largest absolute Gasteiger partial charge is 0.454 e. The monoisotopic (exact) mass is 253 g/mol. The first-order chi connectivity index (χ1) is 7.94. The molecule has 1 fully saturated rings. The Morgan fingerprint density at radius 1 is 1.29 bits per heavy atom. The van der Waals surface area contributed by atoms with Crippen LogP contribution in [0.15, 0.2) is 12.1 Å². The van der Waals surface area contributed by atoms with Gasteiger partial charge in [-0.1, -0.05) is 11.6 Å². The van der Waals surface area contributed by atoms with Gasteiger partial charge in [-0.25, -0.2) is 0 Å². The molecule has 1 heterocycles. The van der Waals surface area contributed by atoms with Crippen molar-refractivity contribution < 1.29 is 9.47 Å². The topological polar surface area (TPSA) is 44.5 Å². The van der Waals surface area contributed by atoms with Gasteiger partial charge in [0.05, 0.1) is 5.02 Å². The molecule has 0 radical (unpaired) electrons. The smallest absolute Gasteiger partial charge is 0.231 e. The Balaban J connectivity index is 2.09. The van der Waals surface area contributed by atoms with Crippen molar-refractivity contribution in [3.63, 3.8) is 0 Å². The van der Waals surface area contributed by atoms with Gasteiger partial charge in [-0.05, 0) is 44.4 Å². The minimum atomic E-state index is -0.246. The molecule has 92 valence electrons. The van der Waals surface area contributed by atoms with Crippen LogP contribution in [0, 0.1) is 0 Å².